The van der Waals surface area contributed by atoms with Crippen LogP contribution in [0.25, 0.3) is 0 Å². The number of hydrogen-bond donors (Lipinski definition) is 0. The number of oxime groups is 2. The van der Waals surface area contributed by atoms with E-state index in [4.69, 9.17) is 4.84 Å². The summed E-state index contributed by atoms with van der Waals surface area (Å²) in [7, 11) is 0. The fraction of sp³-hybridized carbons (Fsp3) is 0.727. The molecule has 0 saturated heterocycles. The van der Waals surface area contributed by atoms with E-state index in [0.717, 1.165) is 6.92 Å². The van der Waals surface area contributed by atoms with Crippen molar-refractivity contribution in [3.8, 4) is 0 Å². The molecule has 0 fully saturated rings. The molecular weight excluding hydrogens is 322 g/mol. The lowest BCUT2D eigenvalue weighted by Gasteiger charge is -2.18. The number of carbonyl (C=O) groups is 1. The maximum absolute atomic E-state index is 12.2. The van der Waals surface area contributed by atoms with Gasteiger partial charge in [-0.2, -0.15) is 26.3 Å². The average molecular weight is 334 g/mol. The second-order valence-electron chi connectivity index (χ2n) is 5.05. The van der Waals surface area contributed by atoms with E-state index < -0.39 is 29.6 Å². The van der Waals surface area contributed by atoms with Gasteiger partial charge in [-0.1, -0.05) is 24.2 Å². The van der Waals surface area contributed by atoms with Gasteiger partial charge in [0.2, 0.25) is 5.60 Å². The van der Waals surface area contributed by atoms with Crippen molar-refractivity contribution < 1.29 is 40.8 Å². The second-order valence-corrected chi connectivity index (χ2v) is 5.05. The molecule has 0 aromatic rings. The van der Waals surface area contributed by atoms with E-state index in [1.165, 1.54) is 0 Å². The minimum Gasteiger partial charge on any atom is -0.377 e. The van der Waals surface area contributed by atoms with Gasteiger partial charge in [-0.3, -0.25) is 0 Å². The van der Waals surface area contributed by atoms with Gasteiger partial charge in [-0.25, -0.2) is 4.79 Å². The molecule has 0 radical (unpaired) electrons. The predicted molar refractivity (Wildman–Crippen MR) is 62.0 cm³/mol. The van der Waals surface area contributed by atoms with Crippen LogP contribution in [0.4, 0.5) is 26.3 Å². The van der Waals surface area contributed by atoms with E-state index in [-0.39, 0.29) is 12.3 Å². The molecule has 1 heterocycles. The Labute approximate surface area is 120 Å². The molecule has 0 aromatic carbocycles. The Balaban J connectivity index is 2.87. The summed E-state index contributed by atoms with van der Waals surface area (Å²) in [6, 6.07) is 0. The van der Waals surface area contributed by atoms with E-state index in [0.29, 0.717) is 5.71 Å². The Kier molecular flexibility index (Phi) is 4.78. The molecule has 1 rings (SSSR count). The van der Waals surface area contributed by atoms with Crippen molar-refractivity contribution in [2.24, 2.45) is 16.2 Å². The van der Waals surface area contributed by atoms with Crippen LogP contribution < -0.4 is 0 Å². The molecule has 11 heteroatoms. The van der Waals surface area contributed by atoms with Gasteiger partial charge in [-0.15, -0.1) is 0 Å². The minimum atomic E-state index is -5.81. The third-order valence-corrected chi connectivity index (χ3v) is 2.74. The highest BCUT2D eigenvalue weighted by molar-refractivity contribution is 5.96. The number of alkyl halides is 6. The monoisotopic (exact) mass is 334 g/mol. The SMILES string of the molecule is CC(C)C1=NOC(C)(C(=O)ON=C(C(F)(F)F)C(F)(F)F)C1. The summed E-state index contributed by atoms with van der Waals surface area (Å²) >= 11 is 0. The first kappa shape index (κ1) is 18.2. The maximum atomic E-state index is 12.2. The molecule has 0 N–H and O–H groups in total. The Morgan fingerprint density at radius 2 is 1.77 bits per heavy atom. The number of nitrogens with zero attached hydrogens (tertiary/aromatic N) is 2. The molecule has 1 atom stereocenters. The molecule has 1 aliphatic heterocycles. The molecule has 0 aliphatic carbocycles. The van der Waals surface area contributed by atoms with Crippen molar-refractivity contribution >= 4 is 17.4 Å². The van der Waals surface area contributed by atoms with E-state index >= 15 is 0 Å². The van der Waals surface area contributed by atoms with Crippen molar-refractivity contribution in [2.75, 3.05) is 0 Å². The normalized spacial score (nSPS) is 22.2. The number of rotatable bonds is 3. The summed E-state index contributed by atoms with van der Waals surface area (Å²) in [5, 5.41) is 5.47. The summed E-state index contributed by atoms with van der Waals surface area (Å²) in [6.45, 7) is 4.58. The van der Waals surface area contributed by atoms with Crippen LogP contribution in [0.5, 0.6) is 0 Å². The van der Waals surface area contributed by atoms with E-state index in [2.05, 4.69) is 9.99 Å². The Morgan fingerprint density at radius 3 is 2.14 bits per heavy atom. The zero-order valence-electron chi connectivity index (χ0n) is 11.7. The first-order valence-electron chi connectivity index (χ1n) is 5.96. The van der Waals surface area contributed by atoms with Gasteiger partial charge in [0, 0.05) is 6.42 Å². The average Bonchev–Trinajstić information content (AvgIpc) is 2.70. The minimum absolute atomic E-state index is 0.112. The quantitative estimate of drug-likeness (QED) is 0.345. The highest BCUT2D eigenvalue weighted by Crippen LogP contribution is 2.31. The molecule has 0 spiro atoms. The molecular formula is C11H12F6N2O3. The zero-order valence-corrected chi connectivity index (χ0v) is 11.7. The van der Waals surface area contributed by atoms with Crippen molar-refractivity contribution in [3.05, 3.63) is 0 Å². The third kappa shape index (κ3) is 4.10. The van der Waals surface area contributed by atoms with Crippen LogP contribution >= 0.6 is 0 Å². The van der Waals surface area contributed by atoms with Crippen LogP contribution in [0.15, 0.2) is 10.3 Å². The molecule has 0 saturated carbocycles. The van der Waals surface area contributed by atoms with Crippen LogP contribution in [-0.2, 0) is 14.5 Å². The lowest BCUT2D eigenvalue weighted by Crippen LogP contribution is -2.40. The first-order valence-corrected chi connectivity index (χ1v) is 5.96. The van der Waals surface area contributed by atoms with Crippen molar-refractivity contribution in [1.29, 1.82) is 0 Å². The van der Waals surface area contributed by atoms with Gasteiger partial charge in [0.15, 0.2) is 0 Å². The van der Waals surface area contributed by atoms with Crippen LogP contribution in [0.1, 0.15) is 27.2 Å². The third-order valence-electron chi connectivity index (χ3n) is 2.74. The fourth-order valence-corrected chi connectivity index (χ4v) is 1.44. The van der Waals surface area contributed by atoms with Gasteiger partial charge in [0.25, 0.3) is 5.71 Å². The van der Waals surface area contributed by atoms with Gasteiger partial charge >= 0.3 is 18.3 Å². The number of carbonyl (C=O) groups excluding carboxylic acids is 1. The summed E-state index contributed by atoms with van der Waals surface area (Å²) < 4.78 is 73.3. The Bertz CT molecular complexity index is 493. The smallest absolute Gasteiger partial charge is 0.377 e. The molecule has 0 bridgehead atoms. The highest BCUT2D eigenvalue weighted by Gasteiger charge is 2.55. The standard InChI is InChI=1S/C11H12F6N2O3/c1-5(2)6-4-9(3,22-18-6)8(20)21-19-7(10(12,13)14)11(15,16)17/h5H,4H2,1-3H3. The van der Waals surface area contributed by atoms with Crippen LogP contribution in [0.2, 0.25) is 0 Å². The molecule has 126 valence electrons. The maximum Gasteiger partial charge on any atom is 0.441 e. The Hall–Kier alpha value is -1.81. The predicted octanol–water partition coefficient (Wildman–Crippen LogP) is 3.20. The molecule has 1 aliphatic rings. The fourth-order valence-electron chi connectivity index (χ4n) is 1.44. The molecule has 5 nitrogen and oxygen atoms in total. The topological polar surface area (TPSA) is 60.2 Å². The highest BCUT2D eigenvalue weighted by atomic mass is 19.4. The molecule has 0 aromatic heterocycles. The largest absolute Gasteiger partial charge is 0.441 e. The second kappa shape index (κ2) is 5.76. The van der Waals surface area contributed by atoms with Gasteiger partial charge < -0.3 is 9.68 Å². The first-order chi connectivity index (χ1) is 9.77. The molecule has 0 amide bonds. The summed E-state index contributed by atoms with van der Waals surface area (Å²) in [6.07, 6.45) is -11.7. The lowest BCUT2D eigenvalue weighted by molar-refractivity contribution is -0.169. The summed E-state index contributed by atoms with van der Waals surface area (Å²) in [5.41, 5.74) is -4.55. The summed E-state index contributed by atoms with van der Waals surface area (Å²) in [5.74, 6) is -1.61. The van der Waals surface area contributed by atoms with Gasteiger partial charge in [-0.05, 0) is 12.8 Å². The lowest BCUT2D eigenvalue weighted by atomic mass is 9.94. The number of halogens is 6. The van der Waals surface area contributed by atoms with Crippen molar-refractivity contribution in [1.82, 2.24) is 0 Å². The van der Waals surface area contributed by atoms with Gasteiger partial charge in [0.1, 0.15) is 0 Å². The van der Waals surface area contributed by atoms with E-state index in [1.54, 1.807) is 13.8 Å². The van der Waals surface area contributed by atoms with Crippen molar-refractivity contribution in [3.63, 3.8) is 0 Å². The van der Waals surface area contributed by atoms with Crippen LogP contribution in [0, 0.1) is 5.92 Å². The Morgan fingerprint density at radius 1 is 1.27 bits per heavy atom. The summed E-state index contributed by atoms with van der Waals surface area (Å²) in [4.78, 5) is 20.2. The molecule has 1 unspecified atom stereocenters. The van der Waals surface area contributed by atoms with E-state index in [1.807, 2.05) is 5.16 Å². The number of hydrogen-bond acceptors (Lipinski definition) is 5. The van der Waals surface area contributed by atoms with Crippen LogP contribution in [-0.4, -0.2) is 35.3 Å². The van der Waals surface area contributed by atoms with Crippen molar-refractivity contribution in [2.45, 2.75) is 45.1 Å². The molecule has 22 heavy (non-hydrogen) atoms. The van der Waals surface area contributed by atoms with E-state index in [9.17, 15) is 31.1 Å². The van der Waals surface area contributed by atoms with Gasteiger partial charge in [0.05, 0.1) is 5.71 Å². The van der Waals surface area contributed by atoms with Crippen LogP contribution in [0.3, 0.4) is 0 Å². The zero-order chi connectivity index (χ0) is 17.3.